The highest BCUT2D eigenvalue weighted by Crippen LogP contribution is 2.28. The van der Waals surface area contributed by atoms with E-state index in [2.05, 4.69) is 15.5 Å². The van der Waals surface area contributed by atoms with Crippen LogP contribution in [0.15, 0.2) is 4.34 Å². The highest BCUT2D eigenvalue weighted by atomic mass is 32.2. The summed E-state index contributed by atoms with van der Waals surface area (Å²) < 4.78 is 1.08. The molecule has 1 aromatic rings. The van der Waals surface area contributed by atoms with Crippen molar-refractivity contribution in [2.45, 2.75) is 29.6 Å². The third-order valence-electron chi connectivity index (χ3n) is 2.60. The van der Waals surface area contributed by atoms with Crippen LogP contribution in [0.2, 0.25) is 0 Å². The summed E-state index contributed by atoms with van der Waals surface area (Å²) >= 11 is 3.49. The lowest BCUT2D eigenvalue weighted by Crippen LogP contribution is -2.35. The number of aromatic nitrogens is 2. The van der Waals surface area contributed by atoms with Gasteiger partial charge in [0.15, 0.2) is 4.34 Å². The average Bonchev–Trinajstić information content (AvgIpc) is 2.76. The Morgan fingerprint density at radius 2 is 2.31 bits per heavy atom. The molecule has 1 unspecified atom stereocenters. The first-order valence-electron chi connectivity index (χ1n) is 5.63. The monoisotopic (exact) mass is 258 g/mol. The van der Waals surface area contributed by atoms with Crippen molar-refractivity contribution in [3.63, 3.8) is 0 Å². The van der Waals surface area contributed by atoms with Gasteiger partial charge >= 0.3 is 0 Å². The van der Waals surface area contributed by atoms with E-state index >= 15 is 0 Å². The SMILES string of the molecule is CN(C)c1nnc(SCC2CCCCN2)s1. The minimum Gasteiger partial charge on any atom is -0.353 e. The molecule has 4 nitrogen and oxygen atoms in total. The van der Waals surface area contributed by atoms with Gasteiger partial charge in [-0.1, -0.05) is 29.5 Å². The quantitative estimate of drug-likeness (QED) is 0.835. The number of nitrogens with zero attached hydrogens (tertiary/aromatic N) is 3. The molecule has 1 aliphatic rings. The zero-order chi connectivity index (χ0) is 11.4. The fourth-order valence-corrected chi connectivity index (χ4v) is 3.57. The molecular formula is C10H18N4S2. The first kappa shape index (κ1) is 12.1. The molecule has 1 N–H and O–H groups in total. The molecule has 16 heavy (non-hydrogen) atoms. The Hall–Kier alpha value is -0.330. The fourth-order valence-electron chi connectivity index (χ4n) is 1.68. The van der Waals surface area contributed by atoms with Crippen molar-refractivity contribution in [2.75, 3.05) is 31.3 Å². The van der Waals surface area contributed by atoms with Crippen LogP contribution in [0, 0.1) is 0 Å². The van der Waals surface area contributed by atoms with Crippen LogP contribution < -0.4 is 10.2 Å². The van der Waals surface area contributed by atoms with E-state index in [1.165, 1.54) is 25.8 Å². The minimum absolute atomic E-state index is 0.658. The summed E-state index contributed by atoms with van der Waals surface area (Å²) in [5.74, 6) is 1.11. The maximum atomic E-state index is 4.18. The second-order valence-corrected chi connectivity index (χ2v) is 6.43. The van der Waals surface area contributed by atoms with Gasteiger partial charge in [0.05, 0.1) is 0 Å². The predicted molar refractivity (Wildman–Crippen MR) is 70.6 cm³/mol. The highest BCUT2D eigenvalue weighted by Gasteiger charge is 2.14. The summed E-state index contributed by atoms with van der Waals surface area (Å²) in [4.78, 5) is 2.00. The van der Waals surface area contributed by atoms with Crippen LogP contribution >= 0.6 is 23.1 Å². The van der Waals surface area contributed by atoms with E-state index in [0.717, 1.165) is 15.2 Å². The molecule has 0 radical (unpaired) electrons. The molecular weight excluding hydrogens is 240 g/mol. The first-order chi connectivity index (χ1) is 7.75. The number of hydrogen-bond donors (Lipinski definition) is 1. The summed E-state index contributed by atoms with van der Waals surface area (Å²) in [6, 6.07) is 0.658. The summed E-state index contributed by atoms with van der Waals surface area (Å²) in [6.07, 6.45) is 3.98. The molecule has 2 rings (SSSR count). The molecule has 0 saturated carbocycles. The van der Waals surface area contributed by atoms with E-state index < -0.39 is 0 Å². The largest absolute Gasteiger partial charge is 0.353 e. The van der Waals surface area contributed by atoms with Gasteiger partial charge in [-0.2, -0.15) is 0 Å². The molecule has 1 fully saturated rings. The van der Waals surface area contributed by atoms with Crippen molar-refractivity contribution in [3.05, 3.63) is 0 Å². The van der Waals surface area contributed by atoms with Gasteiger partial charge in [0.1, 0.15) is 0 Å². The molecule has 0 aliphatic carbocycles. The molecule has 1 saturated heterocycles. The predicted octanol–water partition coefficient (Wildman–Crippen LogP) is 1.84. The van der Waals surface area contributed by atoms with Gasteiger partial charge in [0.2, 0.25) is 5.13 Å². The molecule has 0 spiro atoms. The molecule has 0 amide bonds. The summed E-state index contributed by atoms with van der Waals surface area (Å²) in [6.45, 7) is 1.17. The number of thioether (sulfide) groups is 1. The van der Waals surface area contributed by atoms with Crippen molar-refractivity contribution in [1.82, 2.24) is 15.5 Å². The van der Waals surface area contributed by atoms with E-state index in [0.29, 0.717) is 6.04 Å². The van der Waals surface area contributed by atoms with Crippen molar-refractivity contribution in [3.8, 4) is 0 Å². The van der Waals surface area contributed by atoms with Crippen LogP contribution in [0.3, 0.4) is 0 Å². The van der Waals surface area contributed by atoms with E-state index in [1.807, 2.05) is 30.8 Å². The molecule has 6 heteroatoms. The van der Waals surface area contributed by atoms with Gasteiger partial charge < -0.3 is 10.2 Å². The van der Waals surface area contributed by atoms with Crippen molar-refractivity contribution in [1.29, 1.82) is 0 Å². The molecule has 1 aliphatic heterocycles. The number of anilines is 1. The maximum Gasteiger partial charge on any atom is 0.208 e. The van der Waals surface area contributed by atoms with Gasteiger partial charge in [-0.15, -0.1) is 10.2 Å². The molecule has 1 atom stereocenters. The first-order valence-corrected chi connectivity index (χ1v) is 7.43. The van der Waals surface area contributed by atoms with E-state index in [9.17, 15) is 0 Å². The number of rotatable bonds is 4. The number of nitrogens with one attached hydrogen (secondary N) is 1. The zero-order valence-electron chi connectivity index (χ0n) is 9.77. The minimum atomic E-state index is 0.658. The Balaban J connectivity index is 1.79. The Morgan fingerprint density at radius 3 is 2.94 bits per heavy atom. The second kappa shape index (κ2) is 5.84. The zero-order valence-corrected chi connectivity index (χ0v) is 11.4. The number of hydrogen-bond acceptors (Lipinski definition) is 6. The summed E-state index contributed by atoms with van der Waals surface area (Å²) in [5, 5.41) is 12.8. The van der Waals surface area contributed by atoms with Gasteiger partial charge in [0, 0.05) is 25.9 Å². The standard InChI is InChI=1S/C10H18N4S2/c1-14(2)9-12-13-10(16-9)15-7-8-5-3-4-6-11-8/h8,11H,3-7H2,1-2H3. The highest BCUT2D eigenvalue weighted by molar-refractivity contribution is 8.01. The number of piperidine rings is 1. The Kier molecular flexibility index (Phi) is 4.43. The molecule has 90 valence electrons. The third-order valence-corrected chi connectivity index (χ3v) is 4.99. The lowest BCUT2D eigenvalue weighted by Gasteiger charge is -2.22. The summed E-state index contributed by atoms with van der Waals surface area (Å²) in [7, 11) is 4.00. The van der Waals surface area contributed by atoms with E-state index in [-0.39, 0.29) is 0 Å². The Labute approximate surface area is 105 Å². The van der Waals surface area contributed by atoms with E-state index in [1.54, 1.807) is 11.3 Å². The van der Waals surface area contributed by atoms with Crippen LogP contribution in [-0.2, 0) is 0 Å². The molecule has 2 heterocycles. The third kappa shape index (κ3) is 3.33. The fraction of sp³-hybridized carbons (Fsp3) is 0.800. The van der Waals surface area contributed by atoms with Crippen molar-refractivity contribution >= 4 is 28.2 Å². The van der Waals surface area contributed by atoms with Crippen LogP contribution in [0.4, 0.5) is 5.13 Å². The lowest BCUT2D eigenvalue weighted by molar-refractivity contribution is 0.430. The van der Waals surface area contributed by atoms with Gasteiger partial charge in [-0.3, -0.25) is 0 Å². The van der Waals surface area contributed by atoms with Crippen molar-refractivity contribution in [2.24, 2.45) is 0 Å². The van der Waals surface area contributed by atoms with E-state index in [4.69, 9.17) is 0 Å². The van der Waals surface area contributed by atoms with Crippen LogP contribution in [0.1, 0.15) is 19.3 Å². The van der Waals surface area contributed by atoms with Crippen LogP contribution in [-0.4, -0.2) is 42.6 Å². The molecule has 0 aromatic carbocycles. The molecule has 0 bridgehead atoms. The van der Waals surface area contributed by atoms with Gasteiger partial charge in [0.25, 0.3) is 0 Å². The Bertz CT molecular complexity index is 320. The van der Waals surface area contributed by atoms with Gasteiger partial charge in [-0.25, -0.2) is 0 Å². The topological polar surface area (TPSA) is 41.1 Å². The Morgan fingerprint density at radius 1 is 1.44 bits per heavy atom. The smallest absolute Gasteiger partial charge is 0.208 e. The molecule has 1 aromatic heterocycles. The normalized spacial score (nSPS) is 21.0. The second-order valence-electron chi connectivity index (χ2n) is 4.20. The summed E-state index contributed by atoms with van der Waals surface area (Å²) in [5.41, 5.74) is 0. The van der Waals surface area contributed by atoms with Gasteiger partial charge in [-0.05, 0) is 19.4 Å². The lowest BCUT2D eigenvalue weighted by atomic mass is 10.1. The van der Waals surface area contributed by atoms with Crippen LogP contribution in [0.25, 0.3) is 0 Å². The van der Waals surface area contributed by atoms with Crippen LogP contribution in [0.5, 0.6) is 0 Å². The maximum absolute atomic E-state index is 4.18. The van der Waals surface area contributed by atoms with Crippen molar-refractivity contribution < 1.29 is 0 Å². The average molecular weight is 258 g/mol.